The van der Waals surface area contributed by atoms with Gasteiger partial charge in [0.2, 0.25) is 5.95 Å². The van der Waals surface area contributed by atoms with E-state index in [9.17, 15) is 0 Å². The molecule has 1 aromatic heterocycles. The summed E-state index contributed by atoms with van der Waals surface area (Å²) in [6.07, 6.45) is 3.76. The lowest BCUT2D eigenvalue weighted by molar-refractivity contribution is 0.320. The third kappa shape index (κ3) is 2.01. The first-order valence-electron chi connectivity index (χ1n) is 6.58. The molecular weight excluding hydrogens is 232 g/mol. The van der Waals surface area contributed by atoms with Crippen molar-refractivity contribution in [3.8, 4) is 0 Å². The fourth-order valence-electron chi connectivity index (χ4n) is 2.63. The molecule has 1 N–H and O–H groups in total. The van der Waals surface area contributed by atoms with E-state index in [4.69, 9.17) is 12.2 Å². The Labute approximate surface area is 107 Å². The first-order valence-corrected chi connectivity index (χ1v) is 6.99. The molecule has 2 atom stereocenters. The molecule has 2 fully saturated rings. The van der Waals surface area contributed by atoms with Crippen molar-refractivity contribution in [2.45, 2.75) is 39.2 Å². The lowest BCUT2D eigenvalue weighted by atomic mass is 9.89. The number of anilines is 1. The van der Waals surface area contributed by atoms with Crippen LogP contribution in [-0.2, 0) is 0 Å². The molecule has 1 aliphatic carbocycles. The summed E-state index contributed by atoms with van der Waals surface area (Å²) in [5.74, 6) is 2.63. The van der Waals surface area contributed by atoms with E-state index in [1.165, 1.54) is 19.3 Å². The van der Waals surface area contributed by atoms with Crippen LogP contribution in [0.3, 0.4) is 0 Å². The van der Waals surface area contributed by atoms with E-state index in [0.717, 1.165) is 35.6 Å². The van der Waals surface area contributed by atoms with Gasteiger partial charge in [0.1, 0.15) is 0 Å². The number of rotatable bonds is 2. The molecule has 0 radical (unpaired) electrons. The minimum absolute atomic E-state index is 0.603. The van der Waals surface area contributed by atoms with E-state index in [2.05, 4.69) is 33.5 Å². The van der Waals surface area contributed by atoms with Gasteiger partial charge in [-0.1, -0.05) is 13.8 Å². The summed E-state index contributed by atoms with van der Waals surface area (Å²) in [6, 6.07) is 0.603. The third-order valence-corrected chi connectivity index (χ3v) is 4.50. The Bertz CT molecular complexity index is 459. The second kappa shape index (κ2) is 4.12. The topological polar surface area (TPSA) is 36.9 Å². The van der Waals surface area contributed by atoms with E-state index in [0.29, 0.717) is 6.04 Å². The molecule has 2 heterocycles. The van der Waals surface area contributed by atoms with Crippen molar-refractivity contribution >= 4 is 18.2 Å². The SMILES string of the molecule is CC1CCN(c2n[nH]c(=S)n2C2CC2)CC1C. The van der Waals surface area contributed by atoms with Gasteiger partial charge < -0.3 is 4.90 Å². The molecular formula is C12H20N4S. The molecule has 1 saturated carbocycles. The maximum Gasteiger partial charge on any atom is 0.225 e. The monoisotopic (exact) mass is 252 g/mol. The zero-order valence-corrected chi connectivity index (χ0v) is 11.3. The predicted molar refractivity (Wildman–Crippen MR) is 70.8 cm³/mol. The smallest absolute Gasteiger partial charge is 0.225 e. The van der Waals surface area contributed by atoms with Gasteiger partial charge in [-0.2, -0.15) is 0 Å². The van der Waals surface area contributed by atoms with E-state index in [-0.39, 0.29) is 0 Å². The molecule has 17 heavy (non-hydrogen) atoms. The van der Waals surface area contributed by atoms with Gasteiger partial charge in [0.25, 0.3) is 0 Å². The first kappa shape index (κ1) is 11.3. The highest BCUT2D eigenvalue weighted by molar-refractivity contribution is 7.71. The van der Waals surface area contributed by atoms with Crippen molar-refractivity contribution in [2.24, 2.45) is 11.8 Å². The number of hydrogen-bond donors (Lipinski definition) is 1. The van der Waals surface area contributed by atoms with Crippen LogP contribution < -0.4 is 4.90 Å². The van der Waals surface area contributed by atoms with Crippen molar-refractivity contribution in [2.75, 3.05) is 18.0 Å². The molecule has 0 spiro atoms. The Balaban J connectivity index is 1.86. The fraction of sp³-hybridized carbons (Fsp3) is 0.833. The summed E-state index contributed by atoms with van der Waals surface area (Å²) in [7, 11) is 0. The van der Waals surface area contributed by atoms with E-state index < -0.39 is 0 Å². The second-order valence-electron chi connectivity index (χ2n) is 5.62. The lowest BCUT2D eigenvalue weighted by Crippen LogP contribution is -2.39. The fourth-order valence-corrected chi connectivity index (χ4v) is 2.90. The van der Waals surface area contributed by atoms with Gasteiger partial charge in [0.15, 0.2) is 4.77 Å². The number of nitrogens with zero attached hydrogens (tertiary/aromatic N) is 3. The van der Waals surface area contributed by atoms with Gasteiger partial charge in [-0.15, -0.1) is 5.10 Å². The number of piperidine rings is 1. The Morgan fingerprint density at radius 3 is 2.65 bits per heavy atom. The maximum atomic E-state index is 5.33. The summed E-state index contributed by atoms with van der Waals surface area (Å²) < 4.78 is 3.01. The predicted octanol–water partition coefficient (Wildman–Crippen LogP) is 2.76. The summed E-state index contributed by atoms with van der Waals surface area (Å²) in [4.78, 5) is 2.40. The highest BCUT2D eigenvalue weighted by Crippen LogP contribution is 2.38. The average Bonchev–Trinajstić information content (AvgIpc) is 3.06. The minimum Gasteiger partial charge on any atom is -0.341 e. The highest BCUT2D eigenvalue weighted by atomic mass is 32.1. The molecule has 2 unspecified atom stereocenters. The van der Waals surface area contributed by atoms with Crippen LogP contribution in [0.2, 0.25) is 0 Å². The molecule has 5 heteroatoms. The number of aromatic amines is 1. The molecule has 0 bridgehead atoms. The van der Waals surface area contributed by atoms with Crippen LogP contribution in [0.5, 0.6) is 0 Å². The molecule has 1 saturated heterocycles. The molecule has 0 amide bonds. The standard InChI is InChI=1S/C12H20N4S/c1-8-5-6-15(7-9(8)2)11-13-14-12(17)16(11)10-3-4-10/h8-10H,3-7H2,1-2H3,(H,14,17). The zero-order valence-electron chi connectivity index (χ0n) is 10.5. The molecule has 3 rings (SSSR count). The Morgan fingerprint density at radius 2 is 2.00 bits per heavy atom. The zero-order chi connectivity index (χ0) is 12.0. The van der Waals surface area contributed by atoms with E-state index in [1.54, 1.807) is 0 Å². The van der Waals surface area contributed by atoms with E-state index >= 15 is 0 Å². The van der Waals surface area contributed by atoms with Crippen molar-refractivity contribution < 1.29 is 0 Å². The lowest BCUT2D eigenvalue weighted by Gasteiger charge is -2.35. The van der Waals surface area contributed by atoms with Crippen LogP contribution in [0.25, 0.3) is 0 Å². The summed E-state index contributed by atoms with van der Waals surface area (Å²) >= 11 is 5.33. The van der Waals surface area contributed by atoms with E-state index in [1.807, 2.05) is 0 Å². The Morgan fingerprint density at radius 1 is 1.24 bits per heavy atom. The maximum absolute atomic E-state index is 5.33. The van der Waals surface area contributed by atoms with Gasteiger partial charge in [-0.3, -0.25) is 4.57 Å². The molecule has 1 aliphatic heterocycles. The summed E-state index contributed by atoms with van der Waals surface area (Å²) in [5.41, 5.74) is 0. The van der Waals surface area contributed by atoms with Gasteiger partial charge in [0.05, 0.1) is 0 Å². The molecule has 0 aromatic carbocycles. The van der Waals surface area contributed by atoms with Crippen molar-refractivity contribution in [3.63, 3.8) is 0 Å². The van der Waals surface area contributed by atoms with Crippen LogP contribution in [0.15, 0.2) is 0 Å². The minimum atomic E-state index is 0.603. The average molecular weight is 252 g/mol. The number of hydrogen-bond acceptors (Lipinski definition) is 3. The normalized spacial score (nSPS) is 29.6. The van der Waals surface area contributed by atoms with Gasteiger partial charge in [0, 0.05) is 19.1 Å². The Kier molecular flexibility index (Phi) is 2.73. The number of aromatic nitrogens is 3. The van der Waals surface area contributed by atoms with Gasteiger partial charge in [-0.25, -0.2) is 5.10 Å². The molecule has 94 valence electrons. The van der Waals surface area contributed by atoms with Crippen LogP contribution in [0.1, 0.15) is 39.2 Å². The molecule has 2 aliphatic rings. The second-order valence-corrected chi connectivity index (χ2v) is 6.01. The first-order chi connectivity index (χ1) is 8.16. The van der Waals surface area contributed by atoms with Crippen LogP contribution in [0, 0.1) is 16.6 Å². The molecule has 4 nitrogen and oxygen atoms in total. The van der Waals surface area contributed by atoms with Gasteiger partial charge >= 0.3 is 0 Å². The van der Waals surface area contributed by atoms with Crippen molar-refractivity contribution in [1.29, 1.82) is 0 Å². The quantitative estimate of drug-likeness (QED) is 0.822. The summed E-state index contributed by atoms with van der Waals surface area (Å²) in [6.45, 7) is 6.89. The van der Waals surface area contributed by atoms with Crippen LogP contribution >= 0.6 is 12.2 Å². The summed E-state index contributed by atoms with van der Waals surface area (Å²) in [5, 5.41) is 7.39. The highest BCUT2D eigenvalue weighted by Gasteiger charge is 2.31. The van der Waals surface area contributed by atoms with Gasteiger partial charge in [-0.05, 0) is 43.3 Å². The third-order valence-electron chi connectivity index (χ3n) is 4.21. The number of H-pyrrole nitrogens is 1. The number of nitrogens with one attached hydrogen (secondary N) is 1. The van der Waals surface area contributed by atoms with Crippen LogP contribution in [-0.4, -0.2) is 27.9 Å². The largest absolute Gasteiger partial charge is 0.341 e. The molecule has 1 aromatic rings. The van der Waals surface area contributed by atoms with Crippen molar-refractivity contribution in [3.05, 3.63) is 4.77 Å². The Hall–Kier alpha value is -0.840. The van der Waals surface area contributed by atoms with Crippen LogP contribution in [0.4, 0.5) is 5.95 Å². The van der Waals surface area contributed by atoms with Crippen molar-refractivity contribution in [1.82, 2.24) is 14.8 Å².